The molecule has 0 aliphatic rings. The zero-order chi connectivity index (χ0) is 19.1. The van der Waals surface area contributed by atoms with E-state index in [2.05, 4.69) is 20.6 Å². The lowest BCUT2D eigenvalue weighted by Gasteiger charge is -2.07. The molecule has 2 aromatic heterocycles. The summed E-state index contributed by atoms with van der Waals surface area (Å²) in [7, 11) is 1.61. The first kappa shape index (κ1) is 18.4. The van der Waals surface area contributed by atoms with E-state index in [1.54, 1.807) is 13.3 Å². The third-order valence-corrected chi connectivity index (χ3v) is 4.19. The third kappa shape index (κ3) is 5.07. The van der Waals surface area contributed by atoms with Crippen LogP contribution in [0.5, 0.6) is 5.75 Å². The number of H-pyrrole nitrogens is 1. The monoisotopic (exact) mass is 366 g/mol. The lowest BCUT2D eigenvalue weighted by molar-refractivity contribution is -0.122. The fourth-order valence-corrected chi connectivity index (χ4v) is 2.76. The van der Waals surface area contributed by atoms with Gasteiger partial charge in [-0.3, -0.25) is 14.6 Å². The Kier molecular flexibility index (Phi) is 6.04. The Balaban J connectivity index is 1.44. The summed E-state index contributed by atoms with van der Waals surface area (Å²) in [5.74, 6) is 0.488. The van der Waals surface area contributed by atoms with Crippen LogP contribution in [0.4, 0.5) is 0 Å². The lowest BCUT2D eigenvalue weighted by atomic mass is 10.1. The summed E-state index contributed by atoms with van der Waals surface area (Å²) < 4.78 is 5.23. The van der Waals surface area contributed by atoms with E-state index in [-0.39, 0.29) is 24.7 Å². The number of aromatic nitrogens is 2. The van der Waals surface area contributed by atoms with Crippen molar-refractivity contribution in [3.8, 4) is 5.75 Å². The minimum atomic E-state index is -0.128. The average Bonchev–Trinajstić information content (AvgIpc) is 3.09. The molecule has 3 N–H and O–H groups in total. The predicted octanol–water partition coefficient (Wildman–Crippen LogP) is 1.94. The molecule has 0 saturated heterocycles. The Bertz CT molecular complexity index is 921. The van der Waals surface area contributed by atoms with Gasteiger partial charge in [-0.15, -0.1) is 0 Å². The molecule has 0 saturated carbocycles. The Hall–Kier alpha value is -3.35. The number of nitrogens with zero attached hydrogens (tertiary/aromatic N) is 1. The third-order valence-electron chi connectivity index (χ3n) is 4.19. The van der Waals surface area contributed by atoms with Crippen LogP contribution in [0.25, 0.3) is 10.9 Å². The second-order valence-corrected chi connectivity index (χ2v) is 6.10. The van der Waals surface area contributed by atoms with Gasteiger partial charge in [0.2, 0.25) is 11.8 Å². The molecule has 1 aromatic carbocycles. The number of carbonyl (C=O) groups is 2. The fourth-order valence-electron chi connectivity index (χ4n) is 2.76. The highest BCUT2D eigenvalue weighted by Gasteiger charge is 2.10. The normalized spacial score (nSPS) is 10.6. The van der Waals surface area contributed by atoms with Crippen LogP contribution >= 0.6 is 0 Å². The van der Waals surface area contributed by atoms with Gasteiger partial charge in [-0.1, -0.05) is 6.07 Å². The maximum atomic E-state index is 12.2. The summed E-state index contributed by atoms with van der Waals surface area (Å²) in [6.07, 6.45) is 3.97. The molecule has 3 aromatic rings. The van der Waals surface area contributed by atoms with Crippen molar-refractivity contribution in [1.29, 1.82) is 0 Å². The highest BCUT2D eigenvalue weighted by Crippen LogP contribution is 2.23. The molecular weight excluding hydrogens is 344 g/mol. The fraction of sp³-hybridized carbons (Fsp3) is 0.250. The van der Waals surface area contributed by atoms with E-state index in [4.69, 9.17) is 4.74 Å². The Morgan fingerprint density at radius 2 is 2.04 bits per heavy atom. The van der Waals surface area contributed by atoms with Crippen LogP contribution in [-0.4, -0.2) is 35.4 Å². The van der Waals surface area contributed by atoms with E-state index in [0.717, 1.165) is 27.9 Å². The van der Waals surface area contributed by atoms with Gasteiger partial charge in [0.15, 0.2) is 0 Å². The van der Waals surface area contributed by atoms with Crippen molar-refractivity contribution in [2.45, 2.75) is 19.4 Å². The molecule has 0 bridgehead atoms. The van der Waals surface area contributed by atoms with E-state index >= 15 is 0 Å². The number of hydrogen-bond donors (Lipinski definition) is 3. The van der Waals surface area contributed by atoms with Crippen molar-refractivity contribution < 1.29 is 14.3 Å². The molecule has 0 fully saturated rings. The van der Waals surface area contributed by atoms with Gasteiger partial charge in [-0.2, -0.15) is 0 Å². The van der Waals surface area contributed by atoms with Gasteiger partial charge in [0.25, 0.3) is 0 Å². The largest absolute Gasteiger partial charge is 0.497 e. The number of aromatic amines is 1. The maximum absolute atomic E-state index is 12.2. The smallest absolute Gasteiger partial charge is 0.224 e. The van der Waals surface area contributed by atoms with Gasteiger partial charge >= 0.3 is 0 Å². The van der Waals surface area contributed by atoms with Crippen LogP contribution in [0, 0.1) is 0 Å². The van der Waals surface area contributed by atoms with Gasteiger partial charge in [0.05, 0.1) is 25.8 Å². The molecule has 7 nitrogen and oxygen atoms in total. The van der Waals surface area contributed by atoms with E-state index in [0.29, 0.717) is 13.1 Å². The molecule has 7 heteroatoms. The summed E-state index contributed by atoms with van der Waals surface area (Å²) in [6, 6.07) is 11.2. The van der Waals surface area contributed by atoms with Crippen LogP contribution in [0.3, 0.4) is 0 Å². The second kappa shape index (κ2) is 8.84. The Morgan fingerprint density at radius 1 is 1.15 bits per heavy atom. The quantitative estimate of drug-likeness (QED) is 0.568. The van der Waals surface area contributed by atoms with Crippen molar-refractivity contribution >= 4 is 22.7 Å². The van der Waals surface area contributed by atoms with Gasteiger partial charge < -0.3 is 20.4 Å². The molecule has 3 rings (SSSR count). The SMILES string of the molecule is COc1ccc2[nH]cc(CC(=O)NCCC(=O)NCc3ccccn3)c2c1. The van der Waals surface area contributed by atoms with Crippen molar-refractivity contribution in [2.75, 3.05) is 13.7 Å². The second-order valence-electron chi connectivity index (χ2n) is 6.10. The summed E-state index contributed by atoms with van der Waals surface area (Å²) in [4.78, 5) is 31.3. The molecule has 0 spiro atoms. The standard InChI is InChI=1S/C20H22N4O3/c1-27-16-5-6-18-17(11-16)14(12-23-18)10-20(26)22-9-7-19(25)24-13-15-4-2-3-8-21-15/h2-6,8,11-12,23H,7,9-10,13H2,1H3,(H,22,26)(H,24,25). The van der Waals surface area contributed by atoms with Crippen LogP contribution < -0.4 is 15.4 Å². The number of methoxy groups -OCH3 is 1. The van der Waals surface area contributed by atoms with Gasteiger partial charge in [0, 0.05) is 36.3 Å². The lowest BCUT2D eigenvalue weighted by Crippen LogP contribution is -2.31. The molecule has 0 atom stereocenters. The highest BCUT2D eigenvalue weighted by molar-refractivity contribution is 5.89. The van der Waals surface area contributed by atoms with Gasteiger partial charge in [-0.05, 0) is 35.9 Å². The average molecular weight is 366 g/mol. The van der Waals surface area contributed by atoms with Crippen molar-refractivity contribution in [2.24, 2.45) is 0 Å². The van der Waals surface area contributed by atoms with Crippen LogP contribution in [-0.2, 0) is 22.6 Å². The van der Waals surface area contributed by atoms with Crippen LogP contribution in [0.2, 0.25) is 0 Å². The van der Waals surface area contributed by atoms with E-state index in [1.165, 1.54) is 0 Å². The minimum Gasteiger partial charge on any atom is -0.497 e. The Morgan fingerprint density at radius 3 is 2.81 bits per heavy atom. The molecule has 140 valence electrons. The maximum Gasteiger partial charge on any atom is 0.224 e. The molecule has 2 amide bonds. The molecule has 0 aliphatic heterocycles. The summed E-state index contributed by atoms with van der Waals surface area (Å²) in [6.45, 7) is 0.670. The number of rotatable bonds is 8. The van der Waals surface area contributed by atoms with Crippen molar-refractivity contribution in [3.63, 3.8) is 0 Å². The zero-order valence-electron chi connectivity index (χ0n) is 15.1. The van der Waals surface area contributed by atoms with Crippen LogP contribution in [0.15, 0.2) is 48.8 Å². The number of nitrogens with one attached hydrogen (secondary N) is 3. The van der Waals surface area contributed by atoms with Crippen LogP contribution in [0.1, 0.15) is 17.7 Å². The first-order chi connectivity index (χ1) is 13.2. The van der Waals surface area contributed by atoms with E-state index in [1.807, 2.05) is 42.6 Å². The topological polar surface area (TPSA) is 96.1 Å². The van der Waals surface area contributed by atoms with Crippen molar-refractivity contribution in [1.82, 2.24) is 20.6 Å². The Labute approximate surface area is 157 Å². The molecule has 0 unspecified atom stereocenters. The first-order valence-corrected chi connectivity index (χ1v) is 8.73. The molecule has 27 heavy (non-hydrogen) atoms. The molecule has 0 radical (unpaired) electrons. The summed E-state index contributed by atoms with van der Waals surface area (Å²) in [5, 5.41) is 6.52. The number of pyridine rings is 1. The van der Waals surface area contributed by atoms with Crippen molar-refractivity contribution in [3.05, 3.63) is 60.0 Å². The first-order valence-electron chi connectivity index (χ1n) is 8.73. The van der Waals surface area contributed by atoms with Gasteiger partial charge in [-0.25, -0.2) is 0 Å². The number of carbonyl (C=O) groups excluding carboxylic acids is 2. The van der Waals surface area contributed by atoms with E-state index in [9.17, 15) is 9.59 Å². The number of benzene rings is 1. The zero-order valence-corrected chi connectivity index (χ0v) is 15.1. The van der Waals surface area contributed by atoms with E-state index < -0.39 is 0 Å². The summed E-state index contributed by atoms with van der Waals surface area (Å²) >= 11 is 0. The molecule has 2 heterocycles. The number of ether oxygens (including phenoxy) is 1. The minimum absolute atomic E-state index is 0.127. The van der Waals surface area contributed by atoms with Gasteiger partial charge in [0.1, 0.15) is 5.75 Å². The number of fused-ring (bicyclic) bond motifs is 1. The number of hydrogen-bond acceptors (Lipinski definition) is 4. The summed E-state index contributed by atoms with van der Waals surface area (Å²) in [5.41, 5.74) is 2.64. The highest BCUT2D eigenvalue weighted by atomic mass is 16.5. The predicted molar refractivity (Wildman–Crippen MR) is 102 cm³/mol. The molecule has 0 aliphatic carbocycles. The molecular formula is C20H22N4O3. The number of amides is 2.